The number of hydrogen-bond donors (Lipinski definition) is 1. The molecular formula is C23H22FN3O3S. The Balaban J connectivity index is 1.71. The number of halogens is 1. The Kier molecular flexibility index (Phi) is 5.99. The highest BCUT2D eigenvalue weighted by atomic mass is 32.1. The summed E-state index contributed by atoms with van der Waals surface area (Å²) in [6, 6.07) is 9.48. The third-order valence-corrected chi connectivity index (χ3v) is 6.35. The van der Waals surface area contributed by atoms with E-state index >= 15 is 0 Å². The van der Waals surface area contributed by atoms with Crippen molar-refractivity contribution in [1.82, 2.24) is 14.8 Å². The number of fused-ring (bicyclic) bond motifs is 1. The van der Waals surface area contributed by atoms with E-state index in [1.807, 2.05) is 17.5 Å². The van der Waals surface area contributed by atoms with Gasteiger partial charge in [-0.15, -0.1) is 11.3 Å². The van der Waals surface area contributed by atoms with Crippen molar-refractivity contribution in [1.29, 1.82) is 0 Å². The third-order valence-electron chi connectivity index (χ3n) is 5.41. The highest BCUT2D eigenvalue weighted by molar-refractivity contribution is 7.09. The summed E-state index contributed by atoms with van der Waals surface area (Å²) in [6.07, 6.45) is 2.77. The van der Waals surface area contributed by atoms with Gasteiger partial charge in [0.2, 0.25) is 5.91 Å². The van der Waals surface area contributed by atoms with Crippen molar-refractivity contribution in [3.05, 3.63) is 85.7 Å². The van der Waals surface area contributed by atoms with Crippen molar-refractivity contribution in [3.8, 4) is 5.69 Å². The lowest BCUT2D eigenvalue weighted by atomic mass is 9.95. The average Bonchev–Trinajstić information content (AvgIpc) is 3.27. The van der Waals surface area contributed by atoms with Crippen LogP contribution in [0.4, 0.5) is 4.39 Å². The number of benzene rings is 1. The van der Waals surface area contributed by atoms with Crippen LogP contribution in [0, 0.1) is 5.82 Å². The van der Waals surface area contributed by atoms with Crippen LogP contribution in [0.25, 0.3) is 5.69 Å². The molecule has 0 atom stereocenters. The molecule has 0 unspecified atom stereocenters. The minimum Gasteiger partial charge on any atom is -0.351 e. The summed E-state index contributed by atoms with van der Waals surface area (Å²) in [5, 5.41) is 4.84. The molecule has 0 saturated carbocycles. The number of rotatable bonds is 5. The van der Waals surface area contributed by atoms with Crippen molar-refractivity contribution >= 4 is 23.2 Å². The molecule has 1 N–H and O–H groups in total. The molecule has 6 nitrogen and oxygen atoms in total. The zero-order valence-electron chi connectivity index (χ0n) is 17.1. The second-order valence-corrected chi connectivity index (χ2v) is 8.47. The Morgan fingerprint density at radius 3 is 2.65 bits per heavy atom. The Morgan fingerprint density at radius 1 is 1.19 bits per heavy atom. The quantitative estimate of drug-likeness (QED) is 0.665. The number of carbonyl (C=O) groups is 2. The van der Waals surface area contributed by atoms with Gasteiger partial charge in [0.1, 0.15) is 11.4 Å². The first-order valence-electron chi connectivity index (χ1n) is 10.0. The van der Waals surface area contributed by atoms with E-state index in [2.05, 4.69) is 5.32 Å². The van der Waals surface area contributed by atoms with Gasteiger partial charge < -0.3 is 10.2 Å². The van der Waals surface area contributed by atoms with E-state index in [1.165, 1.54) is 35.8 Å². The van der Waals surface area contributed by atoms with Gasteiger partial charge in [-0.05, 0) is 59.7 Å². The minimum absolute atomic E-state index is 0.0628. The fourth-order valence-electron chi connectivity index (χ4n) is 3.79. The summed E-state index contributed by atoms with van der Waals surface area (Å²) in [5.74, 6) is -0.901. The maximum absolute atomic E-state index is 13.4. The van der Waals surface area contributed by atoms with Crippen molar-refractivity contribution in [2.45, 2.75) is 26.3 Å². The summed E-state index contributed by atoms with van der Waals surface area (Å²) >= 11 is 1.61. The maximum Gasteiger partial charge on any atom is 0.268 e. The van der Waals surface area contributed by atoms with Crippen LogP contribution in [0.3, 0.4) is 0 Å². The SMILES string of the molecule is CC(=O)N1CCc2c(cn(-c3ccc(F)cc3)c(=O)c2C(=O)NCCc2cccs2)C1. The Bertz CT molecular complexity index is 1170. The van der Waals surface area contributed by atoms with Crippen LogP contribution in [0.1, 0.15) is 33.3 Å². The summed E-state index contributed by atoms with van der Waals surface area (Å²) in [7, 11) is 0. The molecule has 160 valence electrons. The van der Waals surface area contributed by atoms with Gasteiger partial charge in [-0.2, -0.15) is 0 Å². The van der Waals surface area contributed by atoms with Crippen LogP contribution in [-0.2, 0) is 24.2 Å². The van der Waals surface area contributed by atoms with E-state index in [-0.39, 0.29) is 11.5 Å². The molecule has 0 saturated heterocycles. The van der Waals surface area contributed by atoms with Gasteiger partial charge in [0.15, 0.2) is 0 Å². The lowest BCUT2D eigenvalue weighted by Gasteiger charge is -2.29. The van der Waals surface area contributed by atoms with E-state index in [0.29, 0.717) is 43.7 Å². The maximum atomic E-state index is 13.4. The fraction of sp³-hybridized carbons (Fsp3) is 0.261. The first-order valence-corrected chi connectivity index (χ1v) is 10.9. The third kappa shape index (κ3) is 4.44. The zero-order valence-corrected chi connectivity index (χ0v) is 17.9. The molecule has 3 aromatic rings. The molecule has 0 bridgehead atoms. The van der Waals surface area contributed by atoms with Gasteiger partial charge in [-0.1, -0.05) is 6.07 Å². The van der Waals surface area contributed by atoms with Crippen molar-refractivity contribution in [3.63, 3.8) is 0 Å². The summed E-state index contributed by atoms with van der Waals surface area (Å²) in [5.41, 5.74) is 1.52. The molecule has 1 aliphatic heterocycles. The van der Waals surface area contributed by atoms with Gasteiger partial charge >= 0.3 is 0 Å². The largest absolute Gasteiger partial charge is 0.351 e. The summed E-state index contributed by atoms with van der Waals surface area (Å²) in [4.78, 5) is 41.1. The molecule has 0 aliphatic carbocycles. The van der Waals surface area contributed by atoms with Crippen LogP contribution < -0.4 is 10.9 Å². The van der Waals surface area contributed by atoms with Crippen LogP contribution >= 0.6 is 11.3 Å². The molecule has 1 aromatic carbocycles. The molecule has 2 amide bonds. The second kappa shape index (κ2) is 8.85. The lowest BCUT2D eigenvalue weighted by molar-refractivity contribution is -0.129. The predicted molar refractivity (Wildman–Crippen MR) is 117 cm³/mol. The summed E-state index contributed by atoms with van der Waals surface area (Å²) in [6.45, 7) is 2.69. The number of hydrogen-bond acceptors (Lipinski definition) is 4. The summed E-state index contributed by atoms with van der Waals surface area (Å²) < 4.78 is 14.7. The highest BCUT2D eigenvalue weighted by Gasteiger charge is 2.27. The highest BCUT2D eigenvalue weighted by Crippen LogP contribution is 2.22. The molecule has 2 aromatic heterocycles. The molecular weight excluding hydrogens is 417 g/mol. The molecule has 0 fully saturated rings. The molecule has 1 aliphatic rings. The van der Waals surface area contributed by atoms with Crippen LogP contribution in [0.5, 0.6) is 0 Å². The van der Waals surface area contributed by atoms with Gasteiger partial charge in [-0.25, -0.2) is 4.39 Å². The van der Waals surface area contributed by atoms with Crippen molar-refractivity contribution in [2.75, 3.05) is 13.1 Å². The monoisotopic (exact) mass is 439 g/mol. The van der Waals surface area contributed by atoms with E-state index in [0.717, 1.165) is 10.4 Å². The number of thiophene rings is 1. The molecule has 3 heterocycles. The van der Waals surface area contributed by atoms with Gasteiger partial charge in [-0.3, -0.25) is 19.0 Å². The van der Waals surface area contributed by atoms with E-state index in [9.17, 15) is 18.8 Å². The number of amides is 2. The van der Waals surface area contributed by atoms with Crippen LogP contribution in [0.15, 0.2) is 52.8 Å². The molecule has 8 heteroatoms. The molecule has 0 radical (unpaired) electrons. The number of nitrogens with one attached hydrogen (secondary N) is 1. The standard InChI is InChI=1S/C23H22FN3O3S/c1-15(28)26-11-9-20-16(13-26)14-27(18-6-4-17(24)5-7-18)23(30)21(20)22(29)25-10-8-19-3-2-12-31-19/h2-7,12,14H,8-11,13H2,1H3,(H,25,29). The smallest absolute Gasteiger partial charge is 0.268 e. The topological polar surface area (TPSA) is 71.4 Å². The average molecular weight is 440 g/mol. The lowest BCUT2D eigenvalue weighted by Crippen LogP contribution is -2.40. The van der Waals surface area contributed by atoms with Gasteiger partial charge in [0, 0.05) is 43.3 Å². The number of carbonyl (C=O) groups excluding carboxylic acids is 2. The van der Waals surface area contributed by atoms with E-state index < -0.39 is 17.3 Å². The number of pyridine rings is 1. The molecule has 0 spiro atoms. The Labute approximate surface area is 182 Å². The first-order chi connectivity index (χ1) is 14.9. The van der Waals surface area contributed by atoms with Crippen molar-refractivity contribution in [2.24, 2.45) is 0 Å². The zero-order chi connectivity index (χ0) is 22.0. The van der Waals surface area contributed by atoms with Crippen LogP contribution in [-0.4, -0.2) is 34.4 Å². The minimum atomic E-state index is -0.449. The van der Waals surface area contributed by atoms with Crippen LogP contribution in [0.2, 0.25) is 0 Å². The second-order valence-electron chi connectivity index (χ2n) is 7.44. The van der Waals surface area contributed by atoms with Gasteiger partial charge in [0.25, 0.3) is 11.5 Å². The number of aromatic nitrogens is 1. The van der Waals surface area contributed by atoms with Crippen molar-refractivity contribution < 1.29 is 14.0 Å². The molecule has 31 heavy (non-hydrogen) atoms. The van der Waals surface area contributed by atoms with E-state index in [4.69, 9.17) is 0 Å². The molecule has 4 rings (SSSR count). The first kappa shape index (κ1) is 21.0. The van der Waals surface area contributed by atoms with Gasteiger partial charge in [0.05, 0.1) is 0 Å². The normalized spacial score (nSPS) is 13.0. The predicted octanol–water partition coefficient (Wildman–Crippen LogP) is 2.92. The number of nitrogens with zero attached hydrogens (tertiary/aromatic N) is 2. The Hall–Kier alpha value is -3.26. The van der Waals surface area contributed by atoms with E-state index in [1.54, 1.807) is 22.4 Å². The fourth-order valence-corrected chi connectivity index (χ4v) is 4.50. The Morgan fingerprint density at radius 2 is 1.97 bits per heavy atom.